The number of halogens is 2. The largest absolute Gasteiger partial charge is 0.449 e. The van der Waals surface area contributed by atoms with Crippen molar-refractivity contribution in [2.45, 2.75) is 24.2 Å². The summed E-state index contributed by atoms with van der Waals surface area (Å²) in [7, 11) is -3.72. The lowest BCUT2D eigenvalue weighted by Gasteiger charge is -2.38. The molecule has 1 aromatic carbocycles. The number of aromatic nitrogens is 1. The van der Waals surface area contributed by atoms with Crippen LogP contribution in [0, 0.1) is 12.3 Å². The van der Waals surface area contributed by atoms with E-state index in [4.69, 9.17) is 4.42 Å². The molecule has 0 atom stereocenters. The average molecular weight is 340 g/mol. The van der Waals surface area contributed by atoms with Crippen molar-refractivity contribution in [1.82, 2.24) is 9.29 Å². The molecule has 1 spiro atoms. The van der Waals surface area contributed by atoms with Gasteiger partial charge in [-0.25, -0.2) is 22.2 Å². The molecule has 1 aliphatic heterocycles. The van der Waals surface area contributed by atoms with Crippen LogP contribution in [0.15, 0.2) is 39.8 Å². The second-order valence-electron chi connectivity index (χ2n) is 6.21. The molecule has 5 nitrogen and oxygen atoms in total. The minimum Gasteiger partial charge on any atom is -0.449 e. The molecule has 0 N–H and O–H groups in total. The number of hydrogen-bond donors (Lipinski definition) is 0. The van der Waals surface area contributed by atoms with Crippen molar-refractivity contribution >= 4 is 10.0 Å². The molecule has 23 heavy (non-hydrogen) atoms. The molecular formula is C15H14F2N2O3S. The van der Waals surface area contributed by atoms with E-state index in [1.54, 1.807) is 19.1 Å². The summed E-state index contributed by atoms with van der Waals surface area (Å²) < 4.78 is 57.5. The molecule has 4 rings (SSSR count). The highest BCUT2D eigenvalue weighted by molar-refractivity contribution is 7.89. The fourth-order valence-electron chi connectivity index (χ4n) is 2.97. The summed E-state index contributed by atoms with van der Waals surface area (Å²) in [6, 6.07) is 6.19. The molecule has 2 heterocycles. The van der Waals surface area contributed by atoms with Crippen molar-refractivity contribution < 1.29 is 21.6 Å². The fraction of sp³-hybridized carbons (Fsp3) is 0.400. The van der Waals surface area contributed by atoms with E-state index in [9.17, 15) is 17.2 Å². The Morgan fingerprint density at radius 1 is 1.22 bits per heavy atom. The van der Waals surface area contributed by atoms with E-state index in [0.29, 0.717) is 11.6 Å². The van der Waals surface area contributed by atoms with Gasteiger partial charge in [-0.1, -0.05) is 12.1 Å². The normalized spacial score (nSPS) is 22.0. The van der Waals surface area contributed by atoms with Gasteiger partial charge in [-0.15, -0.1) is 0 Å². The Bertz CT molecular complexity index is 868. The van der Waals surface area contributed by atoms with Crippen molar-refractivity contribution in [2.75, 3.05) is 13.1 Å². The van der Waals surface area contributed by atoms with E-state index in [0.717, 1.165) is 9.87 Å². The van der Waals surface area contributed by atoms with E-state index in [-0.39, 0.29) is 24.4 Å². The molecule has 1 aromatic heterocycles. The predicted octanol–water partition coefficient (Wildman–Crippen LogP) is 2.68. The van der Waals surface area contributed by atoms with Gasteiger partial charge in [0.15, 0.2) is 5.89 Å². The summed E-state index contributed by atoms with van der Waals surface area (Å²) in [6.45, 7) is 1.51. The number of nitrogens with zero attached hydrogens (tertiary/aromatic N) is 2. The van der Waals surface area contributed by atoms with Crippen molar-refractivity contribution in [3.63, 3.8) is 0 Å². The molecule has 8 heteroatoms. The van der Waals surface area contributed by atoms with Crippen molar-refractivity contribution in [3.05, 3.63) is 36.4 Å². The average Bonchev–Trinajstić information content (AvgIpc) is 2.81. The summed E-state index contributed by atoms with van der Waals surface area (Å²) in [4.78, 5) is 4.27. The Kier molecular flexibility index (Phi) is 2.82. The molecule has 122 valence electrons. The van der Waals surface area contributed by atoms with E-state index in [2.05, 4.69) is 4.98 Å². The summed E-state index contributed by atoms with van der Waals surface area (Å²) in [5.41, 5.74) is 0.236. The monoisotopic (exact) mass is 340 g/mol. The van der Waals surface area contributed by atoms with Gasteiger partial charge in [0.05, 0.1) is 10.3 Å². The summed E-state index contributed by atoms with van der Waals surface area (Å²) >= 11 is 0. The minimum absolute atomic E-state index is 0.0975. The summed E-state index contributed by atoms with van der Waals surface area (Å²) in [6.07, 6.45) is 1.28. The van der Waals surface area contributed by atoms with Crippen LogP contribution in [-0.2, 0) is 10.0 Å². The smallest absolute Gasteiger partial charge is 0.257 e. The van der Waals surface area contributed by atoms with Gasteiger partial charge in [0, 0.05) is 32.0 Å². The first-order valence-corrected chi connectivity index (χ1v) is 8.58. The molecule has 0 unspecified atom stereocenters. The molecule has 2 fully saturated rings. The number of rotatable bonds is 3. The summed E-state index contributed by atoms with van der Waals surface area (Å²) in [5.74, 6) is -2.19. The SMILES string of the molecule is Cc1nc(-c2ccc(S(=O)(=O)N3CC4(C3)CC4(F)F)cc2)co1. The van der Waals surface area contributed by atoms with Crippen molar-refractivity contribution in [3.8, 4) is 11.3 Å². The van der Waals surface area contributed by atoms with Crippen molar-refractivity contribution in [1.29, 1.82) is 0 Å². The zero-order valence-corrected chi connectivity index (χ0v) is 13.1. The lowest BCUT2D eigenvalue weighted by atomic mass is 10.00. The number of sulfonamides is 1. The van der Waals surface area contributed by atoms with Crippen LogP contribution in [0.4, 0.5) is 8.78 Å². The number of hydrogen-bond acceptors (Lipinski definition) is 4. The first-order chi connectivity index (χ1) is 10.7. The maximum atomic E-state index is 13.2. The van der Waals surface area contributed by atoms with Crippen LogP contribution in [0.1, 0.15) is 12.3 Å². The van der Waals surface area contributed by atoms with Crippen LogP contribution in [0.3, 0.4) is 0 Å². The van der Waals surface area contributed by atoms with E-state index in [1.807, 2.05) is 0 Å². The third-order valence-corrected chi connectivity index (χ3v) is 6.38. The second-order valence-corrected chi connectivity index (χ2v) is 8.15. The van der Waals surface area contributed by atoms with Crippen LogP contribution < -0.4 is 0 Å². The van der Waals surface area contributed by atoms with Crippen LogP contribution in [0.25, 0.3) is 11.3 Å². The zero-order valence-electron chi connectivity index (χ0n) is 12.3. The van der Waals surface area contributed by atoms with E-state index in [1.165, 1.54) is 18.4 Å². The second kappa shape index (κ2) is 4.39. The molecular weight excluding hydrogens is 326 g/mol. The van der Waals surface area contributed by atoms with Gasteiger partial charge in [-0.2, -0.15) is 4.31 Å². The topological polar surface area (TPSA) is 63.4 Å². The Balaban J connectivity index is 1.54. The molecule has 0 radical (unpaired) electrons. The minimum atomic E-state index is -3.72. The van der Waals surface area contributed by atoms with Crippen LogP contribution in [0.5, 0.6) is 0 Å². The molecule has 1 aliphatic carbocycles. The third kappa shape index (κ3) is 2.12. The first kappa shape index (κ1) is 14.8. The number of aryl methyl sites for hydroxylation is 1. The van der Waals surface area contributed by atoms with Crippen LogP contribution in [-0.4, -0.2) is 36.7 Å². The number of oxazole rings is 1. The molecule has 0 amide bonds. The molecule has 2 aromatic rings. The maximum absolute atomic E-state index is 13.2. The fourth-order valence-corrected chi connectivity index (χ4v) is 4.58. The highest BCUT2D eigenvalue weighted by atomic mass is 32.2. The van der Waals surface area contributed by atoms with Crippen LogP contribution >= 0.6 is 0 Å². The van der Waals surface area contributed by atoms with Gasteiger partial charge in [0.25, 0.3) is 5.92 Å². The predicted molar refractivity (Wildman–Crippen MR) is 77.4 cm³/mol. The lowest BCUT2D eigenvalue weighted by molar-refractivity contribution is 0.0108. The molecule has 0 bridgehead atoms. The maximum Gasteiger partial charge on any atom is 0.257 e. The Hall–Kier alpha value is -1.80. The molecule has 1 saturated carbocycles. The Morgan fingerprint density at radius 3 is 2.30 bits per heavy atom. The highest BCUT2D eigenvalue weighted by Crippen LogP contribution is 2.65. The molecule has 2 aliphatic rings. The quantitative estimate of drug-likeness (QED) is 0.862. The zero-order chi connectivity index (χ0) is 16.5. The van der Waals surface area contributed by atoms with Crippen LogP contribution in [0.2, 0.25) is 0 Å². The third-order valence-electron chi connectivity index (χ3n) is 4.58. The van der Waals surface area contributed by atoms with Gasteiger partial charge >= 0.3 is 0 Å². The van der Waals surface area contributed by atoms with Gasteiger partial charge in [-0.05, 0) is 12.1 Å². The van der Waals surface area contributed by atoms with E-state index >= 15 is 0 Å². The van der Waals surface area contributed by atoms with E-state index < -0.39 is 21.4 Å². The first-order valence-electron chi connectivity index (χ1n) is 7.14. The van der Waals surface area contributed by atoms with Gasteiger partial charge in [-0.3, -0.25) is 0 Å². The van der Waals surface area contributed by atoms with Crippen molar-refractivity contribution in [2.24, 2.45) is 5.41 Å². The Labute approximate surface area is 132 Å². The lowest BCUT2D eigenvalue weighted by Crippen LogP contribution is -2.53. The summed E-state index contributed by atoms with van der Waals surface area (Å²) in [5, 5.41) is 0. The van der Waals surface area contributed by atoms with Gasteiger partial charge in [0.1, 0.15) is 12.0 Å². The number of alkyl halides is 2. The number of benzene rings is 1. The van der Waals surface area contributed by atoms with Gasteiger partial charge < -0.3 is 4.42 Å². The Morgan fingerprint density at radius 2 is 1.83 bits per heavy atom. The molecule has 1 saturated heterocycles. The van der Waals surface area contributed by atoms with Gasteiger partial charge in [0.2, 0.25) is 10.0 Å². The highest BCUT2D eigenvalue weighted by Gasteiger charge is 2.77. The standard InChI is InChI=1S/C15H14F2N2O3S/c1-10-18-13(6-22-10)11-2-4-12(5-3-11)23(20,21)19-8-14(9-19)7-15(14,16)17/h2-6H,7-9H2,1H3.